The molecule has 0 saturated heterocycles. The summed E-state index contributed by atoms with van der Waals surface area (Å²) in [4.78, 5) is 0. The molecule has 0 N–H and O–H groups in total. The van der Waals surface area contributed by atoms with Gasteiger partial charge >= 0.3 is 0 Å². The van der Waals surface area contributed by atoms with Gasteiger partial charge in [-0.05, 0) is 0 Å². The molecule has 0 aromatic carbocycles. The molecule has 0 atom stereocenters. The Balaban J connectivity index is -0.000000245. The van der Waals surface area contributed by atoms with E-state index in [-0.39, 0.29) is 48.0 Å². The fourth-order valence-electron chi connectivity index (χ4n) is 0.854. The van der Waals surface area contributed by atoms with E-state index in [1.807, 2.05) is 0 Å². The van der Waals surface area contributed by atoms with Crippen molar-refractivity contribution in [2.75, 3.05) is 0 Å². The largest absolute Gasteiger partial charge is 0.107 e. The maximum Gasteiger partial charge on any atom is -0.0533 e. The highest BCUT2D eigenvalue weighted by atomic mass is 127. The van der Waals surface area contributed by atoms with Crippen LogP contribution in [-0.2, 0) is 0 Å². The number of hydrogen-bond acceptors (Lipinski definition) is 0. The maximum atomic E-state index is 2.26. The van der Waals surface area contributed by atoms with E-state index in [2.05, 4.69) is 13.8 Å². The second-order valence-corrected chi connectivity index (χ2v) is 2.41. The summed E-state index contributed by atoms with van der Waals surface area (Å²) in [5.41, 5.74) is 0. The molecular weight excluding hydrogens is 350 g/mol. The van der Waals surface area contributed by atoms with E-state index >= 15 is 0 Å². The third-order valence-electron chi connectivity index (χ3n) is 1.46. The lowest BCUT2D eigenvalue weighted by Crippen LogP contribution is -1.73. The molecule has 0 aliphatic carbocycles. The second-order valence-electron chi connectivity index (χ2n) is 2.41. The topological polar surface area (TPSA) is 0 Å². The molecule has 66 valence electrons. The van der Waals surface area contributed by atoms with E-state index in [0.717, 1.165) is 0 Å². The number of unbranched alkanes of at least 4 members (excludes halogenated alkanes) is 5. The van der Waals surface area contributed by atoms with Gasteiger partial charge in [0, 0.05) is 0 Å². The van der Waals surface area contributed by atoms with Crippen LogP contribution in [0.2, 0.25) is 0 Å². The van der Waals surface area contributed by atoms with Gasteiger partial charge in [0.15, 0.2) is 0 Å². The first kappa shape index (κ1) is 17.5. The summed E-state index contributed by atoms with van der Waals surface area (Å²) in [6.07, 6.45) is 8.49. The average Bonchev–Trinajstić information content (AvgIpc) is 1.81. The van der Waals surface area contributed by atoms with Gasteiger partial charge in [-0.3, -0.25) is 0 Å². The first-order valence-corrected chi connectivity index (χ1v) is 3.91. The van der Waals surface area contributed by atoms with Crippen LogP contribution in [0.15, 0.2) is 0 Å². The smallest absolute Gasteiger partial charge is 0.0533 e. The normalized spacial score (nSPS) is 7.80. The molecule has 0 unspecified atom stereocenters. The Bertz CT molecular complexity index is 32.2. The summed E-state index contributed by atoms with van der Waals surface area (Å²) in [6.45, 7) is 4.51. The molecule has 0 radical (unpaired) electrons. The van der Waals surface area contributed by atoms with E-state index in [9.17, 15) is 0 Å². The molecule has 0 saturated carbocycles. The van der Waals surface area contributed by atoms with Gasteiger partial charge in [0.05, 0.1) is 0 Å². The van der Waals surface area contributed by atoms with E-state index < -0.39 is 0 Å². The second kappa shape index (κ2) is 16.8. The van der Waals surface area contributed by atoms with Crippen molar-refractivity contribution in [2.45, 2.75) is 52.4 Å². The Morgan fingerprint density at radius 1 is 0.600 bits per heavy atom. The van der Waals surface area contributed by atoms with Crippen LogP contribution in [0.3, 0.4) is 0 Å². The van der Waals surface area contributed by atoms with Crippen LogP contribution < -0.4 is 0 Å². The van der Waals surface area contributed by atoms with E-state index in [4.69, 9.17) is 0 Å². The summed E-state index contributed by atoms with van der Waals surface area (Å²) in [6, 6.07) is 0. The van der Waals surface area contributed by atoms with Gasteiger partial charge in [-0.2, -0.15) is 0 Å². The Kier molecular flexibility index (Phi) is 29.5. The van der Waals surface area contributed by atoms with Crippen LogP contribution in [0.25, 0.3) is 0 Å². The molecule has 0 heterocycles. The monoisotopic (exact) mass is 370 g/mol. The predicted molar refractivity (Wildman–Crippen MR) is 69.9 cm³/mol. The van der Waals surface area contributed by atoms with Crippen molar-refractivity contribution in [1.82, 2.24) is 0 Å². The first-order valence-electron chi connectivity index (χ1n) is 3.91. The van der Waals surface area contributed by atoms with E-state index in [0.29, 0.717) is 0 Å². The zero-order valence-corrected chi connectivity index (χ0v) is 11.7. The van der Waals surface area contributed by atoms with Gasteiger partial charge in [-0.1, -0.05) is 52.4 Å². The lowest BCUT2D eigenvalue weighted by atomic mass is 10.1. The summed E-state index contributed by atoms with van der Waals surface area (Å²) in [5.74, 6) is 0. The minimum Gasteiger partial charge on any atom is -0.107 e. The highest BCUT2D eigenvalue weighted by Gasteiger charge is 1.83. The van der Waals surface area contributed by atoms with Crippen LogP contribution in [0.4, 0.5) is 0 Å². The maximum absolute atomic E-state index is 2.26. The molecular formula is C8H20I2. The lowest BCUT2D eigenvalue weighted by molar-refractivity contribution is 0.624. The van der Waals surface area contributed by atoms with Crippen molar-refractivity contribution in [3.8, 4) is 0 Å². The van der Waals surface area contributed by atoms with Crippen LogP contribution in [0.1, 0.15) is 52.4 Å². The highest BCUT2D eigenvalue weighted by Crippen LogP contribution is 2.03. The third kappa shape index (κ3) is 16.2. The molecule has 0 nitrogen and oxygen atoms in total. The molecule has 0 amide bonds. The van der Waals surface area contributed by atoms with Crippen LogP contribution in [0.5, 0.6) is 0 Å². The minimum absolute atomic E-state index is 0. The molecule has 0 aliphatic heterocycles. The molecule has 0 aromatic rings. The summed E-state index contributed by atoms with van der Waals surface area (Å²) in [7, 11) is 0. The zero-order chi connectivity index (χ0) is 6.24. The molecule has 0 bridgehead atoms. The van der Waals surface area contributed by atoms with E-state index in [1.165, 1.54) is 38.5 Å². The van der Waals surface area contributed by atoms with Crippen molar-refractivity contribution in [2.24, 2.45) is 0 Å². The van der Waals surface area contributed by atoms with Gasteiger partial charge < -0.3 is 0 Å². The number of rotatable bonds is 5. The van der Waals surface area contributed by atoms with Gasteiger partial charge in [-0.25, -0.2) is 0 Å². The Labute approximate surface area is 99.6 Å². The van der Waals surface area contributed by atoms with Crippen molar-refractivity contribution in [1.29, 1.82) is 0 Å². The zero-order valence-electron chi connectivity index (χ0n) is 7.06. The summed E-state index contributed by atoms with van der Waals surface area (Å²) < 4.78 is 0. The Morgan fingerprint density at radius 2 is 0.900 bits per heavy atom. The summed E-state index contributed by atoms with van der Waals surface area (Å²) >= 11 is 0. The third-order valence-corrected chi connectivity index (χ3v) is 1.46. The number of hydrogen-bond donors (Lipinski definition) is 0. The predicted octanol–water partition coefficient (Wildman–Crippen LogP) is 4.60. The lowest BCUT2D eigenvalue weighted by Gasteiger charge is -1.93. The highest BCUT2D eigenvalue weighted by molar-refractivity contribution is 14.0. The molecule has 0 aliphatic rings. The molecule has 0 fully saturated rings. The van der Waals surface area contributed by atoms with Crippen LogP contribution in [-0.4, -0.2) is 0 Å². The Hall–Kier alpha value is 1.46. The van der Waals surface area contributed by atoms with Gasteiger partial charge in [0.2, 0.25) is 0 Å². The van der Waals surface area contributed by atoms with E-state index in [1.54, 1.807) is 0 Å². The fraction of sp³-hybridized carbons (Fsp3) is 1.00. The molecule has 0 aromatic heterocycles. The molecule has 10 heavy (non-hydrogen) atoms. The van der Waals surface area contributed by atoms with Crippen LogP contribution in [0, 0.1) is 0 Å². The minimum atomic E-state index is 0. The molecule has 0 rings (SSSR count). The first-order chi connectivity index (χ1) is 3.91. The quantitative estimate of drug-likeness (QED) is 0.490. The standard InChI is InChI=1S/C8H18.2HI/c1-3-5-7-8-6-4-2;;/h3-8H2,1-2H3;2*1H. The van der Waals surface area contributed by atoms with Gasteiger partial charge in [0.25, 0.3) is 0 Å². The van der Waals surface area contributed by atoms with Crippen molar-refractivity contribution in [3.05, 3.63) is 0 Å². The SMILES string of the molecule is CCCCCCCC.I.I. The molecule has 0 spiro atoms. The Morgan fingerprint density at radius 3 is 1.10 bits per heavy atom. The van der Waals surface area contributed by atoms with Crippen molar-refractivity contribution in [3.63, 3.8) is 0 Å². The van der Waals surface area contributed by atoms with Gasteiger partial charge in [-0.15, -0.1) is 48.0 Å². The molecule has 2 heteroatoms. The van der Waals surface area contributed by atoms with Gasteiger partial charge in [0.1, 0.15) is 0 Å². The van der Waals surface area contributed by atoms with Crippen LogP contribution >= 0.6 is 48.0 Å². The van der Waals surface area contributed by atoms with Crippen molar-refractivity contribution < 1.29 is 0 Å². The average molecular weight is 370 g/mol. The number of halogens is 2. The van der Waals surface area contributed by atoms with Crippen molar-refractivity contribution >= 4 is 48.0 Å². The fourth-order valence-corrected chi connectivity index (χ4v) is 0.854. The summed E-state index contributed by atoms with van der Waals surface area (Å²) in [5, 5.41) is 0.